The van der Waals surface area contributed by atoms with E-state index in [4.69, 9.17) is 10.5 Å². The summed E-state index contributed by atoms with van der Waals surface area (Å²) in [6.07, 6.45) is 0. The van der Waals surface area contributed by atoms with E-state index in [0.29, 0.717) is 0 Å². The summed E-state index contributed by atoms with van der Waals surface area (Å²) < 4.78 is 5.55. The van der Waals surface area contributed by atoms with Crippen LogP contribution in [-0.2, 0) is 0 Å². The molecule has 0 saturated heterocycles. The van der Waals surface area contributed by atoms with Crippen LogP contribution in [0.3, 0.4) is 0 Å². The van der Waals surface area contributed by atoms with Crippen LogP contribution in [-0.4, -0.2) is 7.11 Å². The third-order valence-electron chi connectivity index (χ3n) is 3.65. The molecule has 0 amide bonds. The Bertz CT molecular complexity index is 590. The second-order valence-electron chi connectivity index (χ2n) is 5.02. The first-order valence-electron chi connectivity index (χ1n) is 6.51. The van der Waals surface area contributed by atoms with Gasteiger partial charge in [0.2, 0.25) is 0 Å². The standard InChI is InChI=1S/C17H21NO/c1-11-6-5-7-14(10-11)16(18)15-9-8-12(2)13(3)17(15)19-4/h5-10,16H,18H2,1-4H3. The van der Waals surface area contributed by atoms with Gasteiger partial charge in [-0.05, 0) is 37.5 Å². The Morgan fingerprint density at radius 2 is 1.79 bits per heavy atom. The van der Waals surface area contributed by atoms with Gasteiger partial charge in [0.1, 0.15) is 5.75 Å². The zero-order chi connectivity index (χ0) is 14.0. The second kappa shape index (κ2) is 5.45. The fourth-order valence-electron chi connectivity index (χ4n) is 2.37. The van der Waals surface area contributed by atoms with Crippen molar-refractivity contribution in [1.82, 2.24) is 0 Å². The number of rotatable bonds is 3. The molecule has 0 spiro atoms. The van der Waals surface area contributed by atoms with Crippen molar-refractivity contribution in [3.05, 3.63) is 64.2 Å². The predicted octanol–water partition coefficient (Wildman–Crippen LogP) is 3.67. The Kier molecular flexibility index (Phi) is 3.91. The summed E-state index contributed by atoms with van der Waals surface area (Å²) in [5, 5.41) is 0. The first kappa shape index (κ1) is 13.6. The molecule has 2 nitrogen and oxygen atoms in total. The van der Waals surface area contributed by atoms with Gasteiger partial charge in [-0.3, -0.25) is 0 Å². The smallest absolute Gasteiger partial charge is 0.127 e. The van der Waals surface area contributed by atoms with Gasteiger partial charge in [0.15, 0.2) is 0 Å². The van der Waals surface area contributed by atoms with Gasteiger partial charge in [0, 0.05) is 5.56 Å². The first-order valence-corrected chi connectivity index (χ1v) is 6.51. The Morgan fingerprint density at radius 3 is 2.42 bits per heavy atom. The molecule has 0 aliphatic heterocycles. The third kappa shape index (κ3) is 2.64. The van der Waals surface area contributed by atoms with E-state index in [9.17, 15) is 0 Å². The molecule has 2 aromatic rings. The molecule has 0 bridgehead atoms. The highest BCUT2D eigenvalue weighted by atomic mass is 16.5. The number of methoxy groups -OCH3 is 1. The lowest BCUT2D eigenvalue weighted by Gasteiger charge is -2.19. The topological polar surface area (TPSA) is 35.2 Å². The molecule has 2 aromatic carbocycles. The zero-order valence-electron chi connectivity index (χ0n) is 12.0. The number of hydrogen-bond donors (Lipinski definition) is 1. The fraction of sp³-hybridized carbons (Fsp3) is 0.294. The Morgan fingerprint density at radius 1 is 1.05 bits per heavy atom. The van der Waals surface area contributed by atoms with Crippen molar-refractivity contribution >= 4 is 0 Å². The number of nitrogens with two attached hydrogens (primary N) is 1. The average Bonchev–Trinajstić information content (AvgIpc) is 2.41. The molecule has 0 heterocycles. The minimum absolute atomic E-state index is 0.158. The molecule has 0 aromatic heterocycles. The van der Waals surface area contributed by atoms with Gasteiger partial charge >= 0.3 is 0 Å². The van der Waals surface area contributed by atoms with Crippen molar-refractivity contribution in [2.75, 3.05) is 7.11 Å². The van der Waals surface area contributed by atoms with Crippen LogP contribution in [0, 0.1) is 20.8 Å². The fourth-order valence-corrected chi connectivity index (χ4v) is 2.37. The van der Waals surface area contributed by atoms with E-state index < -0.39 is 0 Å². The molecule has 100 valence electrons. The maximum Gasteiger partial charge on any atom is 0.127 e. The summed E-state index contributed by atoms with van der Waals surface area (Å²) in [6, 6.07) is 12.3. The highest BCUT2D eigenvalue weighted by molar-refractivity contribution is 5.49. The second-order valence-corrected chi connectivity index (χ2v) is 5.02. The molecule has 0 aliphatic rings. The molecule has 2 rings (SSSR count). The van der Waals surface area contributed by atoms with Crippen LogP contribution in [0.2, 0.25) is 0 Å². The van der Waals surface area contributed by atoms with Crippen molar-refractivity contribution in [2.24, 2.45) is 5.73 Å². The molecule has 0 aliphatic carbocycles. The Balaban J connectivity index is 2.50. The summed E-state index contributed by atoms with van der Waals surface area (Å²) in [5.41, 5.74) is 12.1. The number of benzene rings is 2. The summed E-state index contributed by atoms with van der Waals surface area (Å²) in [7, 11) is 1.70. The van der Waals surface area contributed by atoms with Crippen molar-refractivity contribution in [2.45, 2.75) is 26.8 Å². The van der Waals surface area contributed by atoms with Gasteiger partial charge < -0.3 is 10.5 Å². The van der Waals surface area contributed by atoms with Crippen LogP contribution in [0.25, 0.3) is 0 Å². The first-order chi connectivity index (χ1) is 9.04. The largest absolute Gasteiger partial charge is 0.496 e. The molecule has 1 atom stereocenters. The van der Waals surface area contributed by atoms with E-state index in [2.05, 4.69) is 51.1 Å². The van der Waals surface area contributed by atoms with Crippen molar-refractivity contribution in [3.8, 4) is 5.75 Å². The highest BCUT2D eigenvalue weighted by Crippen LogP contribution is 2.32. The zero-order valence-corrected chi connectivity index (χ0v) is 12.0. The van der Waals surface area contributed by atoms with Gasteiger partial charge in [-0.25, -0.2) is 0 Å². The van der Waals surface area contributed by atoms with Gasteiger partial charge in [-0.15, -0.1) is 0 Å². The van der Waals surface area contributed by atoms with Crippen molar-refractivity contribution in [3.63, 3.8) is 0 Å². The lowest BCUT2D eigenvalue weighted by Crippen LogP contribution is -2.14. The quantitative estimate of drug-likeness (QED) is 0.908. The van der Waals surface area contributed by atoms with Crippen LogP contribution >= 0.6 is 0 Å². The van der Waals surface area contributed by atoms with Crippen molar-refractivity contribution < 1.29 is 4.74 Å². The van der Waals surface area contributed by atoms with Gasteiger partial charge in [-0.1, -0.05) is 42.0 Å². The lowest BCUT2D eigenvalue weighted by molar-refractivity contribution is 0.404. The van der Waals surface area contributed by atoms with E-state index in [1.807, 2.05) is 6.07 Å². The molecule has 2 N–H and O–H groups in total. The van der Waals surface area contributed by atoms with E-state index in [-0.39, 0.29) is 6.04 Å². The SMILES string of the molecule is COc1c(C(N)c2cccc(C)c2)ccc(C)c1C. The molecule has 19 heavy (non-hydrogen) atoms. The minimum Gasteiger partial charge on any atom is -0.496 e. The van der Waals surface area contributed by atoms with Gasteiger partial charge in [0.05, 0.1) is 13.2 Å². The molecular weight excluding hydrogens is 234 g/mol. The maximum absolute atomic E-state index is 6.40. The van der Waals surface area contributed by atoms with E-state index in [0.717, 1.165) is 22.4 Å². The number of aryl methyl sites for hydroxylation is 2. The van der Waals surface area contributed by atoms with Crippen LogP contribution in [0.5, 0.6) is 5.75 Å². The van der Waals surface area contributed by atoms with Crippen LogP contribution in [0.15, 0.2) is 36.4 Å². The molecular formula is C17H21NO. The molecule has 0 radical (unpaired) electrons. The summed E-state index contributed by atoms with van der Waals surface area (Å²) in [6.45, 7) is 6.23. The van der Waals surface area contributed by atoms with Crippen LogP contribution in [0.1, 0.15) is 33.9 Å². The maximum atomic E-state index is 6.40. The summed E-state index contributed by atoms with van der Waals surface area (Å²) >= 11 is 0. The number of hydrogen-bond acceptors (Lipinski definition) is 2. The van der Waals surface area contributed by atoms with E-state index in [1.165, 1.54) is 11.1 Å². The lowest BCUT2D eigenvalue weighted by atomic mass is 9.94. The monoisotopic (exact) mass is 255 g/mol. The average molecular weight is 255 g/mol. The predicted molar refractivity (Wildman–Crippen MR) is 79.7 cm³/mol. The molecule has 0 fully saturated rings. The minimum atomic E-state index is -0.158. The molecule has 0 saturated carbocycles. The third-order valence-corrected chi connectivity index (χ3v) is 3.65. The van der Waals surface area contributed by atoms with E-state index in [1.54, 1.807) is 7.11 Å². The molecule has 1 unspecified atom stereocenters. The Labute approximate surface area is 115 Å². The van der Waals surface area contributed by atoms with Crippen LogP contribution < -0.4 is 10.5 Å². The van der Waals surface area contributed by atoms with Crippen LogP contribution in [0.4, 0.5) is 0 Å². The normalized spacial score (nSPS) is 12.3. The van der Waals surface area contributed by atoms with E-state index >= 15 is 0 Å². The number of ether oxygens (including phenoxy) is 1. The van der Waals surface area contributed by atoms with Crippen molar-refractivity contribution in [1.29, 1.82) is 0 Å². The van der Waals surface area contributed by atoms with Gasteiger partial charge in [-0.2, -0.15) is 0 Å². The highest BCUT2D eigenvalue weighted by Gasteiger charge is 2.16. The Hall–Kier alpha value is -1.80. The molecule has 2 heteroatoms. The summed E-state index contributed by atoms with van der Waals surface area (Å²) in [5.74, 6) is 0.897. The summed E-state index contributed by atoms with van der Waals surface area (Å²) in [4.78, 5) is 0. The van der Waals surface area contributed by atoms with Gasteiger partial charge in [0.25, 0.3) is 0 Å².